The lowest BCUT2D eigenvalue weighted by Gasteiger charge is -2.14. The van der Waals surface area contributed by atoms with E-state index in [1.54, 1.807) is 17.0 Å². The zero-order valence-corrected chi connectivity index (χ0v) is 11.6. The Morgan fingerprint density at radius 1 is 1.40 bits per heavy atom. The first-order valence-electron chi connectivity index (χ1n) is 6.77. The Morgan fingerprint density at radius 3 is 2.85 bits per heavy atom. The van der Waals surface area contributed by atoms with Gasteiger partial charge in [0.15, 0.2) is 5.82 Å². The number of imidazole rings is 1. The van der Waals surface area contributed by atoms with Crippen molar-refractivity contribution < 1.29 is 4.79 Å². The van der Waals surface area contributed by atoms with Crippen LogP contribution in [0, 0.1) is 0 Å². The van der Waals surface area contributed by atoms with E-state index < -0.39 is 5.91 Å². The molecule has 0 radical (unpaired) electrons. The number of amides is 1. The van der Waals surface area contributed by atoms with Crippen molar-refractivity contribution in [1.29, 1.82) is 0 Å². The summed E-state index contributed by atoms with van der Waals surface area (Å²) >= 11 is 0. The van der Waals surface area contributed by atoms with E-state index in [4.69, 9.17) is 5.73 Å². The number of hydrogen-bond acceptors (Lipinski definition) is 3. The molecule has 0 unspecified atom stereocenters. The van der Waals surface area contributed by atoms with Gasteiger partial charge < -0.3 is 15.6 Å². The third-order valence-electron chi connectivity index (χ3n) is 3.26. The average molecular weight is 272 g/mol. The number of carbonyl (C=O) groups excluding carboxylic acids is 1. The van der Waals surface area contributed by atoms with E-state index in [9.17, 15) is 4.79 Å². The largest absolute Gasteiger partial charge is 0.363 e. The molecule has 1 heterocycles. The summed E-state index contributed by atoms with van der Waals surface area (Å²) < 4.78 is 1.79. The van der Waals surface area contributed by atoms with Crippen LogP contribution in [0.5, 0.6) is 0 Å². The number of nitrogens with two attached hydrogens (primary N) is 1. The molecule has 0 aliphatic carbocycles. The van der Waals surface area contributed by atoms with Crippen LogP contribution in [0.25, 0.3) is 0 Å². The monoisotopic (exact) mass is 272 g/mol. The van der Waals surface area contributed by atoms with Crippen LogP contribution in [-0.2, 0) is 6.54 Å². The Bertz CT molecular complexity index is 550. The lowest BCUT2D eigenvalue weighted by molar-refractivity contribution is 0.0986. The van der Waals surface area contributed by atoms with Gasteiger partial charge in [-0.15, -0.1) is 0 Å². The topological polar surface area (TPSA) is 72.9 Å². The first kappa shape index (κ1) is 14.3. The van der Waals surface area contributed by atoms with Crippen molar-refractivity contribution in [2.75, 3.05) is 6.54 Å². The van der Waals surface area contributed by atoms with Gasteiger partial charge in [-0.3, -0.25) is 4.79 Å². The third-order valence-corrected chi connectivity index (χ3v) is 3.26. The second kappa shape index (κ2) is 6.86. The highest BCUT2D eigenvalue weighted by molar-refractivity contribution is 5.89. The Balaban J connectivity index is 1.77. The predicted molar refractivity (Wildman–Crippen MR) is 78.2 cm³/mol. The van der Waals surface area contributed by atoms with Gasteiger partial charge in [0.1, 0.15) is 0 Å². The van der Waals surface area contributed by atoms with Gasteiger partial charge in [-0.05, 0) is 25.5 Å². The highest BCUT2D eigenvalue weighted by Gasteiger charge is 2.08. The van der Waals surface area contributed by atoms with E-state index in [2.05, 4.69) is 29.4 Å². The molecule has 1 atom stereocenters. The Kier molecular flexibility index (Phi) is 4.90. The SMILES string of the molecule is C[C@@H](NCCCn1ccnc1C(N)=O)c1ccccc1. The summed E-state index contributed by atoms with van der Waals surface area (Å²) in [5.74, 6) is -0.165. The van der Waals surface area contributed by atoms with E-state index in [1.165, 1.54) is 5.56 Å². The Labute approximate surface area is 118 Å². The lowest BCUT2D eigenvalue weighted by atomic mass is 10.1. The van der Waals surface area contributed by atoms with Gasteiger partial charge in [-0.25, -0.2) is 4.98 Å². The lowest BCUT2D eigenvalue weighted by Crippen LogP contribution is -2.22. The molecule has 0 bridgehead atoms. The summed E-state index contributed by atoms with van der Waals surface area (Å²) in [6.07, 6.45) is 4.29. The minimum Gasteiger partial charge on any atom is -0.363 e. The molecule has 106 valence electrons. The zero-order valence-electron chi connectivity index (χ0n) is 11.6. The van der Waals surface area contributed by atoms with Crippen LogP contribution in [-0.4, -0.2) is 22.0 Å². The average Bonchev–Trinajstić information content (AvgIpc) is 2.93. The summed E-state index contributed by atoms with van der Waals surface area (Å²) in [5.41, 5.74) is 6.52. The summed E-state index contributed by atoms with van der Waals surface area (Å²) in [6.45, 7) is 3.74. The molecule has 3 N–H and O–H groups in total. The van der Waals surface area contributed by atoms with E-state index >= 15 is 0 Å². The quantitative estimate of drug-likeness (QED) is 0.754. The predicted octanol–water partition coefficient (Wildman–Crippen LogP) is 1.72. The molecule has 5 heteroatoms. The van der Waals surface area contributed by atoms with Crippen molar-refractivity contribution in [1.82, 2.24) is 14.9 Å². The molecular weight excluding hydrogens is 252 g/mol. The van der Waals surface area contributed by atoms with Gasteiger partial charge in [0.05, 0.1) is 0 Å². The molecule has 0 spiro atoms. The minimum atomic E-state index is -0.486. The number of nitrogens with one attached hydrogen (secondary N) is 1. The minimum absolute atomic E-state index is 0.314. The first-order chi connectivity index (χ1) is 9.68. The van der Waals surface area contributed by atoms with Gasteiger partial charge in [0.2, 0.25) is 0 Å². The molecule has 1 amide bonds. The molecule has 0 aliphatic heterocycles. The summed E-state index contributed by atoms with van der Waals surface area (Å²) in [7, 11) is 0. The van der Waals surface area contributed by atoms with E-state index in [0.717, 1.165) is 19.5 Å². The fraction of sp³-hybridized carbons (Fsp3) is 0.333. The number of primary amides is 1. The fourth-order valence-corrected chi connectivity index (χ4v) is 2.14. The Morgan fingerprint density at radius 2 is 2.15 bits per heavy atom. The normalized spacial score (nSPS) is 12.2. The summed E-state index contributed by atoms with van der Waals surface area (Å²) in [5, 5.41) is 3.46. The Hall–Kier alpha value is -2.14. The third kappa shape index (κ3) is 3.68. The number of benzene rings is 1. The van der Waals surface area contributed by atoms with Crippen molar-refractivity contribution >= 4 is 5.91 Å². The standard InChI is InChI=1S/C15H20N4O/c1-12(13-6-3-2-4-7-13)17-8-5-10-19-11-9-18-15(19)14(16)20/h2-4,6-7,9,11-12,17H,5,8,10H2,1H3,(H2,16,20)/t12-/m1/s1. The summed E-state index contributed by atoms with van der Waals surface area (Å²) in [6, 6.07) is 10.6. The molecule has 1 aromatic carbocycles. The molecule has 1 aromatic heterocycles. The number of carbonyl (C=O) groups is 1. The van der Waals surface area contributed by atoms with Crippen LogP contribution in [0.1, 0.15) is 35.6 Å². The highest BCUT2D eigenvalue weighted by atomic mass is 16.1. The molecule has 2 aromatic rings. The van der Waals surface area contributed by atoms with Crippen LogP contribution in [0.15, 0.2) is 42.7 Å². The number of nitrogens with zero attached hydrogens (tertiary/aromatic N) is 2. The van der Waals surface area contributed by atoms with Crippen molar-refractivity contribution in [3.8, 4) is 0 Å². The van der Waals surface area contributed by atoms with Crippen molar-refractivity contribution in [3.63, 3.8) is 0 Å². The van der Waals surface area contributed by atoms with E-state index in [1.807, 2.05) is 18.2 Å². The van der Waals surface area contributed by atoms with Crippen LogP contribution in [0.2, 0.25) is 0 Å². The van der Waals surface area contributed by atoms with Gasteiger partial charge >= 0.3 is 0 Å². The van der Waals surface area contributed by atoms with Gasteiger partial charge in [-0.2, -0.15) is 0 Å². The number of rotatable bonds is 7. The van der Waals surface area contributed by atoms with Gasteiger partial charge in [0.25, 0.3) is 5.91 Å². The zero-order chi connectivity index (χ0) is 14.4. The first-order valence-corrected chi connectivity index (χ1v) is 6.77. The van der Waals surface area contributed by atoms with E-state index in [-0.39, 0.29) is 0 Å². The maximum Gasteiger partial charge on any atom is 0.284 e. The molecule has 20 heavy (non-hydrogen) atoms. The second-order valence-corrected chi connectivity index (χ2v) is 4.75. The van der Waals surface area contributed by atoms with Gasteiger partial charge in [-0.1, -0.05) is 30.3 Å². The van der Waals surface area contributed by atoms with Crippen molar-refractivity contribution in [2.45, 2.75) is 25.9 Å². The summed E-state index contributed by atoms with van der Waals surface area (Å²) in [4.78, 5) is 15.1. The molecule has 0 fully saturated rings. The molecule has 0 aliphatic rings. The van der Waals surface area contributed by atoms with Crippen molar-refractivity contribution in [2.24, 2.45) is 5.73 Å². The molecule has 0 saturated heterocycles. The second-order valence-electron chi connectivity index (χ2n) is 4.75. The van der Waals surface area contributed by atoms with Crippen LogP contribution < -0.4 is 11.1 Å². The number of aromatic nitrogens is 2. The number of aryl methyl sites for hydroxylation is 1. The highest BCUT2D eigenvalue weighted by Crippen LogP contribution is 2.10. The maximum absolute atomic E-state index is 11.1. The molecule has 2 rings (SSSR count). The molecular formula is C15H20N4O. The fourth-order valence-electron chi connectivity index (χ4n) is 2.14. The van der Waals surface area contributed by atoms with Crippen molar-refractivity contribution in [3.05, 3.63) is 54.1 Å². The van der Waals surface area contributed by atoms with E-state index in [0.29, 0.717) is 11.9 Å². The smallest absolute Gasteiger partial charge is 0.284 e. The van der Waals surface area contributed by atoms with Crippen LogP contribution in [0.4, 0.5) is 0 Å². The van der Waals surface area contributed by atoms with Crippen LogP contribution >= 0.6 is 0 Å². The van der Waals surface area contributed by atoms with Crippen LogP contribution in [0.3, 0.4) is 0 Å². The maximum atomic E-state index is 11.1. The molecule has 5 nitrogen and oxygen atoms in total. The van der Waals surface area contributed by atoms with Gasteiger partial charge in [0, 0.05) is 25.0 Å². The molecule has 0 saturated carbocycles. The number of hydrogen-bond donors (Lipinski definition) is 2.